The van der Waals surface area contributed by atoms with Crippen LogP contribution in [0.1, 0.15) is 5.56 Å². The minimum atomic E-state index is -1.25. The fraction of sp³-hybridized carbons (Fsp3) is 0. The Balaban J connectivity index is 3.15. The monoisotopic (exact) mass is 211 g/mol. The third-order valence-electron chi connectivity index (χ3n) is 1.61. The van der Waals surface area contributed by atoms with Crippen LogP contribution in [-0.4, -0.2) is 16.0 Å². The van der Waals surface area contributed by atoms with Gasteiger partial charge in [0.25, 0.3) is 0 Å². The van der Waals surface area contributed by atoms with E-state index >= 15 is 0 Å². The number of halogens is 1. The number of benzene rings is 1. The van der Waals surface area contributed by atoms with Crippen LogP contribution in [0.2, 0.25) is 0 Å². The highest BCUT2D eigenvalue weighted by Crippen LogP contribution is 2.20. The molecular formula is C9H6FNO4. The Morgan fingerprint density at radius 3 is 2.73 bits per heavy atom. The molecule has 0 atom stereocenters. The zero-order chi connectivity index (χ0) is 11.4. The molecule has 0 saturated heterocycles. The number of hydrogen-bond donors (Lipinski definition) is 1. The van der Waals surface area contributed by atoms with Gasteiger partial charge in [-0.15, -0.1) is 0 Å². The molecule has 15 heavy (non-hydrogen) atoms. The van der Waals surface area contributed by atoms with E-state index in [-0.39, 0.29) is 5.56 Å². The average Bonchev–Trinajstić information content (AvgIpc) is 2.15. The van der Waals surface area contributed by atoms with E-state index in [1.807, 2.05) is 0 Å². The quantitative estimate of drug-likeness (QED) is 0.469. The first-order chi connectivity index (χ1) is 7.02. The van der Waals surface area contributed by atoms with E-state index in [4.69, 9.17) is 5.11 Å². The molecule has 0 aliphatic rings. The van der Waals surface area contributed by atoms with Gasteiger partial charge < -0.3 is 5.11 Å². The molecular weight excluding hydrogens is 205 g/mol. The second-order valence-corrected chi connectivity index (χ2v) is 2.61. The summed E-state index contributed by atoms with van der Waals surface area (Å²) in [5.74, 6) is -2.29. The number of nitro groups is 1. The van der Waals surface area contributed by atoms with E-state index in [1.165, 1.54) is 12.1 Å². The molecule has 1 aromatic carbocycles. The molecule has 0 amide bonds. The van der Waals surface area contributed by atoms with Gasteiger partial charge in [-0.3, -0.25) is 10.1 Å². The predicted octanol–water partition coefficient (Wildman–Crippen LogP) is 1.83. The van der Waals surface area contributed by atoms with Gasteiger partial charge in [-0.2, -0.15) is 4.39 Å². The van der Waals surface area contributed by atoms with E-state index in [2.05, 4.69) is 0 Å². The molecule has 78 valence electrons. The summed E-state index contributed by atoms with van der Waals surface area (Å²) in [5.41, 5.74) is -0.811. The van der Waals surface area contributed by atoms with Crippen LogP contribution in [0.3, 0.4) is 0 Å². The third-order valence-corrected chi connectivity index (χ3v) is 1.61. The van der Waals surface area contributed by atoms with Gasteiger partial charge >= 0.3 is 11.7 Å². The molecule has 0 spiro atoms. The molecule has 6 heteroatoms. The molecule has 5 nitrogen and oxygen atoms in total. The van der Waals surface area contributed by atoms with Crippen molar-refractivity contribution >= 4 is 17.7 Å². The summed E-state index contributed by atoms with van der Waals surface area (Å²) in [6.07, 6.45) is 1.67. The first kappa shape index (κ1) is 10.8. The first-order valence-electron chi connectivity index (χ1n) is 3.86. The minimum absolute atomic E-state index is 0.133. The normalized spacial score (nSPS) is 10.5. The first-order valence-corrected chi connectivity index (χ1v) is 3.86. The van der Waals surface area contributed by atoms with Crippen LogP contribution >= 0.6 is 0 Å². The van der Waals surface area contributed by atoms with Crippen molar-refractivity contribution in [3.8, 4) is 0 Å². The molecule has 0 aliphatic heterocycles. The number of aliphatic carboxylic acids is 1. The van der Waals surface area contributed by atoms with Gasteiger partial charge in [0.2, 0.25) is 5.82 Å². The maximum absolute atomic E-state index is 13.3. The zero-order valence-electron chi connectivity index (χ0n) is 7.38. The van der Waals surface area contributed by atoms with Crippen molar-refractivity contribution in [2.45, 2.75) is 0 Å². The average molecular weight is 211 g/mol. The van der Waals surface area contributed by atoms with E-state index in [0.29, 0.717) is 6.08 Å². The van der Waals surface area contributed by atoms with Crippen LogP contribution in [-0.2, 0) is 4.79 Å². The number of nitrogens with zero attached hydrogens (tertiary/aromatic N) is 1. The third kappa shape index (κ3) is 2.60. The summed E-state index contributed by atoms with van der Waals surface area (Å²) in [4.78, 5) is 19.6. The van der Waals surface area contributed by atoms with Crippen LogP contribution < -0.4 is 0 Å². The minimum Gasteiger partial charge on any atom is -0.478 e. The van der Waals surface area contributed by atoms with Crippen molar-refractivity contribution in [2.75, 3.05) is 0 Å². The number of carbonyl (C=O) groups is 1. The van der Waals surface area contributed by atoms with Gasteiger partial charge in [-0.25, -0.2) is 4.79 Å². The van der Waals surface area contributed by atoms with Crippen LogP contribution in [0.15, 0.2) is 24.3 Å². The Morgan fingerprint density at radius 1 is 1.53 bits per heavy atom. The van der Waals surface area contributed by atoms with Gasteiger partial charge in [0.1, 0.15) is 0 Å². The van der Waals surface area contributed by atoms with Gasteiger partial charge in [-0.05, 0) is 6.08 Å². The zero-order valence-corrected chi connectivity index (χ0v) is 7.38. The van der Waals surface area contributed by atoms with Crippen LogP contribution in [0.4, 0.5) is 10.1 Å². The second kappa shape index (κ2) is 4.32. The summed E-state index contributed by atoms with van der Waals surface area (Å²) in [6.45, 7) is 0. The summed E-state index contributed by atoms with van der Waals surface area (Å²) in [7, 11) is 0. The van der Waals surface area contributed by atoms with Gasteiger partial charge in [0, 0.05) is 17.7 Å². The summed E-state index contributed by atoms with van der Waals surface area (Å²) in [6, 6.07) is 3.54. The standard InChI is InChI=1S/C9H6FNO4/c10-9-6(4-5-8(12)13)2-1-3-7(9)11(14)15/h1-5H,(H,12,13). The molecule has 1 rings (SSSR count). The lowest BCUT2D eigenvalue weighted by atomic mass is 10.1. The molecule has 0 bridgehead atoms. The fourth-order valence-electron chi connectivity index (χ4n) is 0.968. The maximum Gasteiger partial charge on any atom is 0.328 e. The molecule has 1 aromatic rings. The van der Waals surface area contributed by atoms with Crippen molar-refractivity contribution in [1.29, 1.82) is 0 Å². The van der Waals surface area contributed by atoms with E-state index in [0.717, 1.165) is 12.1 Å². The molecule has 0 unspecified atom stereocenters. The Labute approximate surface area is 83.6 Å². The van der Waals surface area contributed by atoms with Crippen molar-refractivity contribution in [2.24, 2.45) is 0 Å². The molecule has 0 saturated carbocycles. The number of carboxylic acids is 1. The Hall–Kier alpha value is -2.24. The molecule has 0 heterocycles. The molecule has 0 radical (unpaired) electrons. The Bertz CT molecular complexity index is 442. The van der Waals surface area contributed by atoms with Gasteiger partial charge in [0.05, 0.1) is 4.92 Å². The van der Waals surface area contributed by atoms with Gasteiger partial charge in [0.15, 0.2) is 0 Å². The highest BCUT2D eigenvalue weighted by Gasteiger charge is 2.15. The van der Waals surface area contributed by atoms with Crippen molar-refractivity contribution in [3.05, 3.63) is 45.8 Å². The lowest BCUT2D eigenvalue weighted by molar-refractivity contribution is -0.387. The summed E-state index contributed by atoms with van der Waals surface area (Å²) in [5, 5.41) is 18.6. The topological polar surface area (TPSA) is 80.4 Å². The van der Waals surface area contributed by atoms with Crippen molar-refractivity contribution in [3.63, 3.8) is 0 Å². The maximum atomic E-state index is 13.3. The van der Waals surface area contributed by atoms with E-state index in [9.17, 15) is 19.3 Å². The van der Waals surface area contributed by atoms with Gasteiger partial charge in [-0.1, -0.05) is 12.1 Å². The van der Waals surface area contributed by atoms with Crippen LogP contribution in [0.5, 0.6) is 0 Å². The lowest BCUT2D eigenvalue weighted by Crippen LogP contribution is -1.94. The Morgan fingerprint density at radius 2 is 2.20 bits per heavy atom. The van der Waals surface area contributed by atoms with Crippen LogP contribution in [0.25, 0.3) is 6.08 Å². The number of nitro benzene ring substituents is 1. The fourth-order valence-corrected chi connectivity index (χ4v) is 0.968. The number of rotatable bonds is 3. The highest BCUT2D eigenvalue weighted by atomic mass is 19.1. The molecule has 0 aliphatic carbocycles. The second-order valence-electron chi connectivity index (χ2n) is 2.61. The summed E-state index contributed by atoms with van der Waals surface area (Å²) < 4.78 is 13.3. The van der Waals surface area contributed by atoms with Crippen molar-refractivity contribution in [1.82, 2.24) is 0 Å². The predicted molar refractivity (Wildman–Crippen MR) is 49.7 cm³/mol. The van der Waals surface area contributed by atoms with E-state index < -0.39 is 22.4 Å². The largest absolute Gasteiger partial charge is 0.478 e. The molecule has 1 N–H and O–H groups in total. The number of carboxylic acid groups (broad SMARTS) is 1. The van der Waals surface area contributed by atoms with Crippen LogP contribution in [0, 0.1) is 15.9 Å². The smallest absolute Gasteiger partial charge is 0.328 e. The lowest BCUT2D eigenvalue weighted by Gasteiger charge is -1.96. The van der Waals surface area contributed by atoms with E-state index in [1.54, 1.807) is 0 Å². The van der Waals surface area contributed by atoms with Crippen molar-refractivity contribution < 1.29 is 19.2 Å². The highest BCUT2D eigenvalue weighted by molar-refractivity contribution is 5.85. The summed E-state index contributed by atoms with van der Waals surface area (Å²) >= 11 is 0. The molecule has 0 aromatic heterocycles. The SMILES string of the molecule is O=C(O)C=Cc1cccc([N+](=O)[O-])c1F. The number of hydrogen-bond acceptors (Lipinski definition) is 3. The Kier molecular flexibility index (Phi) is 3.12. The molecule has 0 fully saturated rings.